The lowest BCUT2D eigenvalue weighted by Crippen LogP contribution is -2.04. The van der Waals surface area contributed by atoms with E-state index in [1.54, 1.807) is 6.07 Å². The van der Waals surface area contributed by atoms with Gasteiger partial charge in [-0.1, -0.05) is 22.0 Å². The van der Waals surface area contributed by atoms with Crippen LogP contribution < -0.4 is 0 Å². The van der Waals surface area contributed by atoms with Gasteiger partial charge in [-0.25, -0.2) is 0 Å². The van der Waals surface area contributed by atoms with Crippen molar-refractivity contribution in [3.8, 4) is 0 Å². The highest BCUT2D eigenvalue weighted by atomic mass is 127. The standard InChI is InChI=1S/C10H8BrIO2/c1-6(14)10(11)9-4-8(12)3-2-7(9)5-13/h2-5,10H,1H3. The molecule has 0 amide bonds. The fraction of sp³-hybridized carbons (Fsp3) is 0.200. The lowest BCUT2D eigenvalue weighted by atomic mass is 10.0. The summed E-state index contributed by atoms with van der Waals surface area (Å²) < 4.78 is 1.01. The van der Waals surface area contributed by atoms with Gasteiger partial charge < -0.3 is 0 Å². The zero-order valence-corrected chi connectivity index (χ0v) is 11.2. The number of hydrogen-bond donors (Lipinski definition) is 0. The first kappa shape index (κ1) is 11.8. The van der Waals surface area contributed by atoms with Crippen LogP contribution in [0.3, 0.4) is 0 Å². The summed E-state index contributed by atoms with van der Waals surface area (Å²) in [5, 5.41) is 0. The minimum absolute atomic E-state index is 0.00454. The van der Waals surface area contributed by atoms with E-state index in [1.807, 2.05) is 12.1 Å². The van der Waals surface area contributed by atoms with E-state index in [0.29, 0.717) is 5.56 Å². The van der Waals surface area contributed by atoms with Crippen LogP contribution in [0.15, 0.2) is 18.2 Å². The van der Waals surface area contributed by atoms with Gasteiger partial charge in [0.15, 0.2) is 0 Å². The first-order valence-electron chi connectivity index (χ1n) is 3.95. The highest BCUT2D eigenvalue weighted by molar-refractivity contribution is 14.1. The summed E-state index contributed by atoms with van der Waals surface area (Å²) in [5.74, 6) is -0.00454. The van der Waals surface area contributed by atoms with Crippen LogP contribution in [0.2, 0.25) is 0 Å². The van der Waals surface area contributed by atoms with E-state index in [0.717, 1.165) is 15.4 Å². The molecule has 1 aromatic rings. The van der Waals surface area contributed by atoms with Gasteiger partial charge in [-0.2, -0.15) is 0 Å². The van der Waals surface area contributed by atoms with E-state index in [1.165, 1.54) is 6.92 Å². The molecule has 1 rings (SSSR count). The molecule has 0 bridgehead atoms. The molecule has 0 aliphatic rings. The van der Waals surface area contributed by atoms with Crippen molar-refractivity contribution in [2.45, 2.75) is 11.8 Å². The fourth-order valence-electron chi connectivity index (χ4n) is 1.09. The summed E-state index contributed by atoms with van der Waals surface area (Å²) in [6, 6.07) is 5.40. The molecule has 0 aliphatic heterocycles. The number of alkyl halides is 1. The second-order valence-electron chi connectivity index (χ2n) is 2.86. The summed E-state index contributed by atoms with van der Waals surface area (Å²) in [5.41, 5.74) is 1.29. The number of hydrogen-bond acceptors (Lipinski definition) is 2. The first-order valence-corrected chi connectivity index (χ1v) is 5.95. The highest BCUT2D eigenvalue weighted by Gasteiger charge is 2.16. The van der Waals surface area contributed by atoms with Crippen LogP contribution in [0.4, 0.5) is 0 Å². The number of Topliss-reactive ketones (excluding diaryl/α,β-unsaturated/α-hetero) is 1. The topological polar surface area (TPSA) is 34.1 Å². The van der Waals surface area contributed by atoms with Crippen LogP contribution in [0.5, 0.6) is 0 Å². The molecule has 74 valence electrons. The molecule has 0 spiro atoms. The second kappa shape index (κ2) is 5.02. The highest BCUT2D eigenvalue weighted by Crippen LogP contribution is 2.27. The molecule has 0 N–H and O–H groups in total. The Morgan fingerprint density at radius 2 is 2.21 bits per heavy atom. The molecule has 0 heterocycles. The van der Waals surface area contributed by atoms with Crippen LogP contribution in [-0.4, -0.2) is 12.1 Å². The van der Waals surface area contributed by atoms with Gasteiger partial charge in [0.05, 0.1) is 4.83 Å². The third-order valence-corrected chi connectivity index (χ3v) is 3.61. The van der Waals surface area contributed by atoms with Gasteiger partial charge in [0.1, 0.15) is 12.1 Å². The molecule has 0 aromatic heterocycles. The molecule has 0 aliphatic carbocycles. The van der Waals surface area contributed by atoms with Gasteiger partial charge in [0, 0.05) is 9.13 Å². The number of halogens is 2. The van der Waals surface area contributed by atoms with Gasteiger partial charge in [-0.05, 0) is 47.2 Å². The number of carbonyl (C=O) groups excluding carboxylic acids is 2. The van der Waals surface area contributed by atoms with Gasteiger partial charge in [0.25, 0.3) is 0 Å². The van der Waals surface area contributed by atoms with Gasteiger partial charge >= 0.3 is 0 Å². The van der Waals surface area contributed by atoms with Gasteiger partial charge in [-0.15, -0.1) is 0 Å². The van der Waals surface area contributed by atoms with E-state index in [4.69, 9.17) is 0 Å². The number of ketones is 1. The maximum Gasteiger partial charge on any atom is 0.150 e. The quantitative estimate of drug-likeness (QED) is 0.468. The minimum Gasteiger partial charge on any atom is -0.298 e. The van der Waals surface area contributed by atoms with Crippen molar-refractivity contribution in [1.29, 1.82) is 0 Å². The Labute approximate surface area is 104 Å². The zero-order valence-electron chi connectivity index (χ0n) is 7.46. The molecule has 0 saturated heterocycles. The average molecular weight is 367 g/mol. The Kier molecular flexibility index (Phi) is 4.25. The summed E-state index contributed by atoms with van der Waals surface area (Å²) in [6.07, 6.45) is 0.766. The summed E-state index contributed by atoms with van der Waals surface area (Å²) in [7, 11) is 0. The number of benzene rings is 1. The lowest BCUT2D eigenvalue weighted by Gasteiger charge is -2.09. The van der Waals surface area contributed by atoms with Crippen molar-refractivity contribution < 1.29 is 9.59 Å². The second-order valence-corrected chi connectivity index (χ2v) is 5.03. The van der Waals surface area contributed by atoms with Gasteiger partial charge in [0.2, 0.25) is 0 Å². The molecule has 0 saturated carbocycles. The third kappa shape index (κ3) is 2.63. The maximum atomic E-state index is 11.2. The Hall–Kier alpha value is -0.230. The Morgan fingerprint density at radius 3 is 2.71 bits per heavy atom. The molecule has 1 atom stereocenters. The van der Waals surface area contributed by atoms with E-state index >= 15 is 0 Å². The largest absolute Gasteiger partial charge is 0.298 e. The van der Waals surface area contributed by atoms with Crippen molar-refractivity contribution in [3.05, 3.63) is 32.9 Å². The molecule has 0 fully saturated rings. The molecular formula is C10H8BrIO2. The third-order valence-electron chi connectivity index (χ3n) is 1.81. The minimum atomic E-state index is -0.391. The Morgan fingerprint density at radius 1 is 1.57 bits per heavy atom. The predicted octanol–water partition coefficient (Wildman–Crippen LogP) is 3.13. The van der Waals surface area contributed by atoms with E-state index < -0.39 is 4.83 Å². The summed E-state index contributed by atoms with van der Waals surface area (Å²) in [4.78, 5) is 21.5. The Balaban J connectivity index is 3.23. The summed E-state index contributed by atoms with van der Waals surface area (Å²) in [6.45, 7) is 1.49. The van der Waals surface area contributed by atoms with Crippen LogP contribution in [-0.2, 0) is 4.79 Å². The monoisotopic (exact) mass is 366 g/mol. The van der Waals surface area contributed by atoms with E-state index in [2.05, 4.69) is 38.5 Å². The van der Waals surface area contributed by atoms with Crippen molar-refractivity contribution in [1.82, 2.24) is 0 Å². The fourth-order valence-corrected chi connectivity index (χ4v) is 2.00. The average Bonchev–Trinajstić information content (AvgIpc) is 2.16. The predicted molar refractivity (Wildman–Crippen MR) is 66.9 cm³/mol. The zero-order chi connectivity index (χ0) is 10.7. The van der Waals surface area contributed by atoms with Crippen LogP contribution >= 0.6 is 38.5 Å². The van der Waals surface area contributed by atoms with Crippen LogP contribution in [0, 0.1) is 3.57 Å². The van der Waals surface area contributed by atoms with Crippen molar-refractivity contribution in [3.63, 3.8) is 0 Å². The van der Waals surface area contributed by atoms with Gasteiger partial charge in [-0.3, -0.25) is 9.59 Å². The molecule has 0 radical (unpaired) electrons. The molecule has 1 unspecified atom stereocenters. The summed E-state index contributed by atoms with van der Waals surface area (Å²) >= 11 is 5.41. The van der Waals surface area contributed by atoms with E-state index in [-0.39, 0.29) is 5.78 Å². The normalized spacial score (nSPS) is 12.2. The van der Waals surface area contributed by atoms with E-state index in [9.17, 15) is 9.59 Å². The SMILES string of the molecule is CC(=O)C(Br)c1cc(I)ccc1C=O. The molecule has 14 heavy (non-hydrogen) atoms. The lowest BCUT2D eigenvalue weighted by molar-refractivity contribution is -0.116. The molecule has 1 aromatic carbocycles. The van der Waals surface area contributed by atoms with Crippen molar-refractivity contribution in [2.24, 2.45) is 0 Å². The molecular weight excluding hydrogens is 359 g/mol. The van der Waals surface area contributed by atoms with Crippen molar-refractivity contribution in [2.75, 3.05) is 0 Å². The van der Waals surface area contributed by atoms with Crippen LogP contribution in [0.25, 0.3) is 0 Å². The first-order chi connectivity index (χ1) is 6.56. The Bertz CT molecular complexity index is 376. The smallest absolute Gasteiger partial charge is 0.150 e. The number of aldehydes is 1. The molecule has 2 nitrogen and oxygen atoms in total. The maximum absolute atomic E-state index is 11.2. The van der Waals surface area contributed by atoms with Crippen LogP contribution in [0.1, 0.15) is 27.7 Å². The number of rotatable bonds is 3. The molecule has 4 heteroatoms. The number of carbonyl (C=O) groups is 2. The van der Waals surface area contributed by atoms with Crippen molar-refractivity contribution >= 4 is 50.6 Å².